The Hall–Kier alpha value is -0.960. The number of carbonyl (C=O) groups is 1. The number of ether oxygens (including phenoxy) is 1. The van der Waals surface area contributed by atoms with E-state index in [1.807, 2.05) is 0 Å². The van der Waals surface area contributed by atoms with E-state index in [1.165, 1.54) is 20.8 Å². The molecule has 1 atom stereocenters. The van der Waals surface area contributed by atoms with Gasteiger partial charge >= 0.3 is 16.4 Å². The summed E-state index contributed by atoms with van der Waals surface area (Å²) in [5, 5.41) is 0. The summed E-state index contributed by atoms with van der Waals surface area (Å²) in [6.07, 6.45) is -0.0709. The summed E-state index contributed by atoms with van der Waals surface area (Å²) >= 11 is 0. The van der Waals surface area contributed by atoms with Crippen LogP contribution in [-0.4, -0.2) is 30.6 Å². The average Bonchev–Trinajstić information content (AvgIpc) is 2.00. The summed E-state index contributed by atoms with van der Waals surface area (Å²) in [6, 6.07) is 0. The van der Waals surface area contributed by atoms with Crippen molar-refractivity contribution >= 4 is 16.4 Å². The largest absolute Gasteiger partial charge is 0.454 e. The van der Waals surface area contributed by atoms with Crippen LogP contribution in [0, 0.1) is 0 Å². The van der Waals surface area contributed by atoms with Gasteiger partial charge in [0.25, 0.3) is 0 Å². The van der Waals surface area contributed by atoms with Crippen LogP contribution < -0.4 is 6.15 Å². The third kappa shape index (κ3) is 6.51. The van der Waals surface area contributed by atoms with E-state index >= 15 is 0 Å². The predicted octanol–water partition coefficient (Wildman–Crippen LogP) is 0.864. The molecule has 0 saturated heterocycles. The van der Waals surface area contributed by atoms with Crippen LogP contribution in [0.1, 0.15) is 20.8 Å². The Morgan fingerprint density at radius 1 is 1.50 bits per heavy atom. The number of esters is 1. The SMILES string of the molecule is C=CC(=O)OC(C)(C)C(C)OS(=O)(=O)O.N. The van der Waals surface area contributed by atoms with Crippen LogP contribution in [0.3, 0.4) is 0 Å². The van der Waals surface area contributed by atoms with Gasteiger partial charge in [-0.25, -0.2) is 8.98 Å². The second-order valence-electron chi connectivity index (χ2n) is 3.39. The molecule has 16 heavy (non-hydrogen) atoms. The molecule has 0 aliphatic rings. The molecule has 0 amide bonds. The molecule has 0 saturated carbocycles. The van der Waals surface area contributed by atoms with Crippen molar-refractivity contribution < 1.29 is 26.7 Å². The number of hydrogen-bond donors (Lipinski definition) is 2. The molecule has 0 aromatic heterocycles. The summed E-state index contributed by atoms with van der Waals surface area (Å²) in [7, 11) is -4.57. The van der Waals surface area contributed by atoms with E-state index in [9.17, 15) is 13.2 Å². The van der Waals surface area contributed by atoms with Crippen molar-refractivity contribution in [2.45, 2.75) is 32.5 Å². The number of hydrogen-bond acceptors (Lipinski definition) is 6. The van der Waals surface area contributed by atoms with Crippen LogP contribution in [-0.2, 0) is 24.1 Å². The normalized spacial score (nSPS) is 13.5. The second kappa shape index (κ2) is 5.94. The minimum absolute atomic E-state index is 0. The molecule has 7 nitrogen and oxygen atoms in total. The maximum Gasteiger partial charge on any atom is 0.397 e. The standard InChI is InChI=1S/C8H14O6S.H3N/c1-5-7(9)13-8(3,4)6(2)14-15(10,11)12;/h5-6H,1H2,2-4H3,(H,10,11,12);1H3. The highest BCUT2D eigenvalue weighted by atomic mass is 32.3. The third-order valence-electron chi connectivity index (χ3n) is 1.78. The zero-order chi connectivity index (χ0) is 12.3. The smallest absolute Gasteiger partial charge is 0.397 e. The monoisotopic (exact) mass is 255 g/mol. The molecule has 0 aromatic rings. The summed E-state index contributed by atoms with van der Waals surface area (Å²) in [5.41, 5.74) is -1.19. The molecule has 0 spiro atoms. The lowest BCUT2D eigenvalue weighted by Gasteiger charge is -2.29. The molecule has 8 heteroatoms. The lowest BCUT2D eigenvalue weighted by molar-refractivity contribution is -0.158. The van der Waals surface area contributed by atoms with Gasteiger partial charge in [0.15, 0.2) is 0 Å². The van der Waals surface area contributed by atoms with Crippen molar-refractivity contribution in [3.63, 3.8) is 0 Å². The molecule has 0 heterocycles. The molecule has 0 aromatic carbocycles. The highest BCUT2D eigenvalue weighted by molar-refractivity contribution is 7.80. The van der Waals surface area contributed by atoms with Crippen LogP contribution in [0.15, 0.2) is 12.7 Å². The Labute approximate surface area is 95.0 Å². The Morgan fingerprint density at radius 2 is 1.94 bits per heavy atom. The van der Waals surface area contributed by atoms with E-state index in [1.54, 1.807) is 0 Å². The maximum atomic E-state index is 10.9. The third-order valence-corrected chi connectivity index (χ3v) is 2.31. The van der Waals surface area contributed by atoms with E-state index in [2.05, 4.69) is 10.8 Å². The van der Waals surface area contributed by atoms with Gasteiger partial charge < -0.3 is 10.9 Å². The molecule has 0 bridgehead atoms. The van der Waals surface area contributed by atoms with Gasteiger partial charge in [-0.15, -0.1) is 0 Å². The average molecular weight is 255 g/mol. The Bertz CT molecular complexity index is 348. The number of rotatable bonds is 5. The first kappa shape index (κ1) is 17.4. The summed E-state index contributed by atoms with van der Waals surface area (Å²) in [4.78, 5) is 10.9. The van der Waals surface area contributed by atoms with E-state index < -0.39 is 28.1 Å². The van der Waals surface area contributed by atoms with Crippen LogP contribution >= 0.6 is 0 Å². The highest BCUT2D eigenvalue weighted by Gasteiger charge is 2.33. The van der Waals surface area contributed by atoms with Crippen molar-refractivity contribution in [3.8, 4) is 0 Å². The summed E-state index contributed by atoms with van der Waals surface area (Å²) in [6.45, 7) is 7.44. The molecule has 0 aliphatic heterocycles. The lowest BCUT2D eigenvalue weighted by Crippen LogP contribution is -2.41. The van der Waals surface area contributed by atoms with Crippen LogP contribution in [0.4, 0.5) is 0 Å². The molecule has 1 unspecified atom stereocenters. The maximum absolute atomic E-state index is 10.9. The summed E-state index contributed by atoms with van der Waals surface area (Å²) < 4.78 is 38.4. The Balaban J connectivity index is 0. The quantitative estimate of drug-likeness (QED) is 0.424. The zero-order valence-corrected chi connectivity index (χ0v) is 10.3. The highest BCUT2D eigenvalue weighted by Crippen LogP contribution is 2.19. The fourth-order valence-corrected chi connectivity index (χ4v) is 1.28. The van der Waals surface area contributed by atoms with Gasteiger partial charge in [0.05, 0.1) is 0 Å². The Morgan fingerprint density at radius 3 is 2.25 bits per heavy atom. The Kier molecular flexibility index (Phi) is 6.48. The fraction of sp³-hybridized carbons (Fsp3) is 0.625. The molecule has 0 radical (unpaired) electrons. The first-order valence-corrected chi connectivity index (χ1v) is 5.46. The van der Waals surface area contributed by atoms with Crippen LogP contribution in [0.25, 0.3) is 0 Å². The van der Waals surface area contributed by atoms with E-state index in [0.717, 1.165) is 6.08 Å². The summed E-state index contributed by atoms with van der Waals surface area (Å²) in [5.74, 6) is -0.703. The van der Waals surface area contributed by atoms with Gasteiger partial charge in [-0.2, -0.15) is 8.42 Å². The zero-order valence-electron chi connectivity index (χ0n) is 9.47. The van der Waals surface area contributed by atoms with Gasteiger partial charge in [0.2, 0.25) is 0 Å². The predicted molar refractivity (Wildman–Crippen MR) is 57.5 cm³/mol. The van der Waals surface area contributed by atoms with E-state index in [0.29, 0.717) is 0 Å². The van der Waals surface area contributed by atoms with E-state index in [-0.39, 0.29) is 6.15 Å². The molecule has 0 aliphatic carbocycles. The van der Waals surface area contributed by atoms with Gasteiger partial charge in [-0.3, -0.25) is 4.55 Å². The van der Waals surface area contributed by atoms with Gasteiger partial charge in [0, 0.05) is 6.08 Å². The molecular weight excluding hydrogens is 238 g/mol. The van der Waals surface area contributed by atoms with E-state index in [4.69, 9.17) is 9.29 Å². The number of carbonyl (C=O) groups excluding carboxylic acids is 1. The van der Waals surface area contributed by atoms with Crippen molar-refractivity contribution in [3.05, 3.63) is 12.7 Å². The minimum Gasteiger partial charge on any atom is -0.454 e. The van der Waals surface area contributed by atoms with Crippen molar-refractivity contribution in [1.82, 2.24) is 6.15 Å². The second-order valence-corrected chi connectivity index (χ2v) is 4.44. The minimum atomic E-state index is -4.57. The van der Waals surface area contributed by atoms with Crippen molar-refractivity contribution in [2.75, 3.05) is 0 Å². The first-order valence-electron chi connectivity index (χ1n) is 4.09. The topological polar surface area (TPSA) is 125 Å². The fourth-order valence-electron chi connectivity index (χ4n) is 0.682. The van der Waals surface area contributed by atoms with Crippen molar-refractivity contribution in [2.24, 2.45) is 0 Å². The molecule has 4 N–H and O–H groups in total. The first-order chi connectivity index (χ1) is 6.58. The van der Waals surface area contributed by atoms with Crippen molar-refractivity contribution in [1.29, 1.82) is 0 Å². The van der Waals surface area contributed by atoms with Gasteiger partial charge in [0.1, 0.15) is 11.7 Å². The van der Waals surface area contributed by atoms with Crippen LogP contribution in [0.5, 0.6) is 0 Å². The molecule has 0 fully saturated rings. The van der Waals surface area contributed by atoms with Gasteiger partial charge in [-0.05, 0) is 20.8 Å². The molecule has 0 rings (SSSR count). The molecular formula is C8H17NO6S. The van der Waals surface area contributed by atoms with Crippen LogP contribution in [0.2, 0.25) is 0 Å². The lowest BCUT2D eigenvalue weighted by atomic mass is 10.0. The molecule has 96 valence electrons. The van der Waals surface area contributed by atoms with Gasteiger partial charge in [-0.1, -0.05) is 6.58 Å².